The Balaban J connectivity index is 2.04. The van der Waals surface area contributed by atoms with Gasteiger partial charge in [-0.15, -0.1) is 0 Å². The zero-order valence-corrected chi connectivity index (χ0v) is 15.2. The smallest absolute Gasteiger partial charge is 0.326 e. The Hall–Kier alpha value is -2.41. The van der Waals surface area contributed by atoms with Gasteiger partial charge in [-0.1, -0.05) is 6.07 Å². The minimum absolute atomic E-state index is 0.000663. The molecule has 26 heavy (non-hydrogen) atoms. The monoisotopic (exact) mass is 362 g/mol. The fourth-order valence-electron chi connectivity index (χ4n) is 3.00. The number of hydrogen-bond acceptors (Lipinski definition) is 4. The molecule has 0 aromatic heterocycles. The van der Waals surface area contributed by atoms with Crippen molar-refractivity contribution in [2.24, 2.45) is 0 Å². The van der Waals surface area contributed by atoms with E-state index in [2.05, 4.69) is 5.32 Å². The van der Waals surface area contributed by atoms with E-state index in [0.717, 1.165) is 12.8 Å². The lowest BCUT2D eigenvalue weighted by Crippen LogP contribution is -2.48. The van der Waals surface area contributed by atoms with E-state index in [-0.39, 0.29) is 17.9 Å². The molecule has 0 saturated carbocycles. The minimum Gasteiger partial charge on any atom is -0.480 e. The molecule has 142 valence electrons. The number of aliphatic carboxylic acids is 1. The van der Waals surface area contributed by atoms with Gasteiger partial charge in [0.1, 0.15) is 6.04 Å². The van der Waals surface area contributed by atoms with Crippen LogP contribution < -0.4 is 5.32 Å². The van der Waals surface area contributed by atoms with Crippen LogP contribution in [0.2, 0.25) is 0 Å². The predicted octanol–water partition coefficient (Wildman–Crippen LogP) is 2.52. The van der Waals surface area contributed by atoms with Crippen molar-refractivity contribution in [1.29, 1.82) is 0 Å². The number of carboxylic acids is 1. The van der Waals surface area contributed by atoms with Gasteiger partial charge in [0.15, 0.2) is 0 Å². The Morgan fingerprint density at radius 1 is 1.35 bits per heavy atom. The summed E-state index contributed by atoms with van der Waals surface area (Å²) in [7, 11) is 1.60. The Labute approximate surface area is 153 Å². The first-order chi connectivity index (χ1) is 12.4. The van der Waals surface area contributed by atoms with Crippen LogP contribution in [0.3, 0.4) is 0 Å². The third-order valence-corrected chi connectivity index (χ3v) is 4.62. The molecule has 2 unspecified atom stereocenters. The highest BCUT2D eigenvalue weighted by atomic mass is 16.5. The second-order valence-electron chi connectivity index (χ2n) is 6.56. The molecular weight excluding hydrogens is 336 g/mol. The van der Waals surface area contributed by atoms with Gasteiger partial charge in [-0.25, -0.2) is 4.79 Å². The molecule has 2 N–H and O–H groups in total. The summed E-state index contributed by atoms with van der Waals surface area (Å²) < 4.78 is 5.12. The first kappa shape index (κ1) is 19.9. The van der Waals surface area contributed by atoms with Gasteiger partial charge in [-0.05, 0) is 50.8 Å². The van der Waals surface area contributed by atoms with E-state index < -0.39 is 12.0 Å². The summed E-state index contributed by atoms with van der Waals surface area (Å²) >= 11 is 0. The van der Waals surface area contributed by atoms with E-state index in [1.807, 2.05) is 6.92 Å². The van der Waals surface area contributed by atoms with Crippen molar-refractivity contribution in [2.75, 3.05) is 19.0 Å². The number of rotatable bonds is 7. The molecule has 1 aromatic rings. The van der Waals surface area contributed by atoms with Crippen molar-refractivity contribution in [3.8, 4) is 0 Å². The summed E-state index contributed by atoms with van der Waals surface area (Å²) in [6.45, 7) is 2.32. The van der Waals surface area contributed by atoms with Crippen molar-refractivity contribution >= 4 is 23.5 Å². The number of methoxy groups -OCH3 is 1. The number of nitrogens with zero attached hydrogens (tertiary/aromatic N) is 1. The van der Waals surface area contributed by atoms with E-state index in [0.29, 0.717) is 37.1 Å². The van der Waals surface area contributed by atoms with Gasteiger partial charge >= 0.3 is 5.97 Å². The third-order valence-electron chi connectivity index (χ3n) is 4.62. The van der Waals surface area contributed by atoms with Crippen molar-refractivity contribution in [3.05, 3.63) is 29.8 Å². The number of ether oxygens (including phenoxy) is 1. The molecule has 2 atom stereocenters. The number of nitrogens with one attached hydrogen (secondary N) is 1. The number of amides is 2. The zero-order valence-electron chi connectivity index (χ0n) is 15.2. The van der Waals surface area contributed by atoms with Crippen molar-refractivity contribution in [2.45, 2.75) is 51.2 Å². The fourth-order valence-corrected chi connectivity index (χ4v) is 3.00. The van der Waals surface area contributed by atoms with E-state index in [9.17, 15) is 19.5 Å². The van der Waals surface area contributed by atoms with Crippen LogP contribution >= 0.6 is 0 Å². The first-order valence-corrected chi connectivity index (χ1v) is 8.89. The quantitative estimate of drug-likeness (QED) is 0.777. The van der Waals surface area contributed by atoms with Gasteiger partial charge in [0.2, 0.25) is 5.91 Å². The molecule has 1 fully saturated rings. The Morgan fingerprint density at radius 2 is 2.12 bits per heavy atom. The molecule has 7 heteroatoms. The lowest BCUT2D eigenvalue weighted by Gasteiger charge is -2.33. The maximum atomic E-state index is 12.7. The second kappa shape index (κ2) is 9.33. The number of anilines is 1. The van der Waals surface area contributed by atoms with Crippen LogP contribution in [0, 0.1) is 0 Å². The highest BCUT2D eigenvalue weighted by molar-refractivity contribution is 5.99. The van der Waals surface area contributed by atoms with Gasteiger partial charge < -0.3 is 20.1 Å². The van der Waals surface area contributed by atoms with Crippen LogP contribution in [0.4, 0.5) is 5.69 Å². The molecule has 0 radical (unpaired) electrons. The molecule has 0 aliphatic carbocycles. The average Bonchev–Trinajstić information content (AvgIpc) is 2.65. The molecule has 1 heterocycles. The van der Waals surface area contributed by atoms with E-state index >= 15 is 0 Å². The third kappa shape index (κ3) is 5.29. The fraction of sp³-hybridized carbons (Fsp3) is 0.526. The Bertz CT molecular complexity index is 661. The van der Waals surface area contributed by atoms with Crippen LogP contribution in [0.15, 0.2) is 24.3 Å². The minimum atomic E-state index is -0.977. The van der Waals surface area contributed by atoms with Crippen molar-refractivity contribution in [3.63, 3.8) is 0 Å². The topological polar surface area (TPSA) is 95.9 Å². The molecule has 2 rings (SSSR count). The van der Waals surface area contributed by atoms with Gasteiger partial charge in [-0.2, -0.15) is 0 Å². The van der Waals surface area contributed by atoms with Gasteiger partial charge in [-0.3, -0.25) is 9.59 Å². The standard InChI is InChI=1S/C19H26N2O5/c1-13(26-2)9-10-17(22)20-15-7-5-6-14(12-15)18(23)21-11-4-3-8-16(21)19(24)25/h5-7,12-13,16H,3-4,8-11H2,1-2H3,(H,20,22)(H,24,25). The maximum Gasteiger partial charge on any atom is 0.326 e. The molecule has 2 amide bonds. The van der Waals surface area contributed by atoms with Crippen LogP contribution in [-0.4, -0.2) is 53.6 Å². The highest BCUT2D eigenvalue weighted by Gasteiger charge is 2.32. The van der Waals surface area contributed by atoms with Crippen LogP contribution in [0.5, 0.6) is 0 Å². The van der Waals surface area contributed by atoms with Gasteiger partial charge in [0.05, 0.1) is 6.10 Å². The molecule has 1 aromatic carbocycles. The zero-order chi connectivity index (χ0) is 19.1. The largest absolute Gasteiger partial charge is 0.480 e. The van der Waals surface area contributed by atoms with Crippen molar-refractivity contribution < 1.29 is 24.2 Å². The van der Waals surface area contributed by atoms with Crippen LogP contribution in [0.1, 0.15) is 49.4 Å². The summed E-state index contributed by atoms with van der Waals surface area (Å²) in [6.07, 6.45) is 2.99. The van der Waals surface area contributed by atoms with Crippen molar-refractivity contribution in [1.82, 2.24) is 4.90 Å². The number of carbonyl (C=O) groups excluding carboxylic acids is 2. The number of likely N-dealkylation sites (tertiary alicyclic amines) is 1. The van der Waals surface area contributed by atoms with Gasteiger partial charge in [0.25, 0.3) is 5.91 Å². The summed E-state index contributed by atoms with van der Waals surface area (Å²) in [5, 5.41) is 12.1. The number of hydrogen-bond donors (Lipinski definition) is 2. The number of piperidine rings is 1. The Kier molecular flexibility index (Phi) is 7.15. The lowest BCUT2D eigenvalue weighted by molar-refractivity contribution is -0.143. The van der Waals surface area contributed by atoms with Crippen LogP contribution in [0.25, 0.3) is 0 Å². The van der Waals surface area contributed by atoms with Crippen LogP contribution in [-0.2, 0) is 14.3 Å². The maximum absolute atomic E-state index is 12.7. The lowest BCUT2D eigenvalue weighted by atomic mass is 10.0. The normalized spacial score (nSPS) is 18.2. The number of benzene rings is 1. The summed E-state index contributed by atoms with van der Waals surface area (Å²) in [6, 6.07) is 5.83. The molecule has 7 nitrogen and oxygen atoms in total. The SMILES string of the molecule is COC(C)CCC(=O)Nc1cccc(C(=O)N2CCCCC2C(=O)O)c1. The molecular formula is C19H26N2O5. The van der Waals surface area contributed by atoms with E-state index in [4.69, 9.17) is 4.74 Å². The average molecular weight is 362 g/mol. The molecule has 1 aliphatic rings. The summed E-state index contributed by atoms with van der Waals surface area (Å²) in [5.74, 6) is -1.45. The van der Waals surface area contributed by atoms with E-state index in [1.165, 1.54) is 4.90 Å². The summed E-state index contributed by atoms with van der Waals surface area (Å²) in [5.41, 5.74) is 0.899. The number of carbonyl (C=O) groups is 3. The van der Waals surface area contributed by atoms with E-state index in [1.54, 1.807) is 31.4 Å². The van der Waals surface area contributed by atoms with Gasteiger partial charge in [0, 0.05) is 31.3 Å². The molecule has 1 saturated heterocycles. The number of carboxylic acid groups (broad SMARTS) is 1. The second-order valence-corrected chi connectivity index (χ2v) is 6.56. The predicted molar refractivity (Wildman–Crippen MR) is 97.1 cm³/mol. The Morgan fingerprint density at radius 3 is 2.81 bits per heavy atom. The molecule has 1 aliphatic heterocycles. The first-order valence-electron chi connectivity index (χ1n) is 8.89. The molecule has 0 spiro atoms. The molecule has 0 bridgehead atoms. The highest BCUT2D eigenvalue weighted by Crippen LogP contribution is 2.21. The summed E-state index contributed by atoms with van der Waals surface area (Å²) in [4.78, 5) is 37.6.